The first-order valence-electron chi connectivity index (χ1n) is 10.5. The number of esters is 2. The summed E-state index contributed by atoms with van der Waals surface area (Å²) in [5.41, 5.74) is -0.0648. The van der Waals surface area contributed by atoms with Crippen LogP contribution < -0.4 is 5.32 Å². The van der Waals surface area contributed by atoms with Gasteiger partial charge in [0.2, 0.25) is 0 Å². The van der Waals surface area contributed by atoms with Crippen molar-refractivity contribution in [3.63, 3.8) is 0 Å². The predicted molar refractivity (Wildman–Crippen MR) is 118 cm³/mol. The summed E-state index contributed by atoms with van der Waals surface area (Å²) in [5.74, 6) is -0.717. The Balaban J connectivity index is 1.64. The van der Waals surface area contributed by atoms with Gasteiger partial charge in [-0.25, -0.2) is 9.59 Å². The van der Waals surface area contributed by atoms with Gasteiger partial charge in [-0.2, -0.15) is 0 Å². The second kappa shape index (κ2) is 11.3. The number of nitrogens with one attached hydrogen (secondary N) is 1. The van der Waals surface area contributed by atoms with Crippen LogP contribution in [0.4, 0.5) is 4.79 Å². The lowest BCUT2D eigenvalue weighted by molar-refractivity contribution is -0.153. The lowest BCUT2D eigenvalue weighted by Gasteiger charge is -2.20. The maximum atomic E-state index is 12.2. The van der Waals surface area contributed by atoms with E-state index in [0.717, 1.165) is 10.8 Å². The predicted octanol–water partition coefficient (Wildman–Crippen LogP) is 4.48. The van der Waals surface area contributed by atoms with Crippen molar-refractivity contribution in [1.82, 2.24) is 5.32 Å². The van der Waals surface area contributed by atoms with Crippen LogP contribution in [-0.2, 0) is 19.0 Å². The van der Waals surface area contributed by atoms with Crippen molar-refractivity contribution < 1.29 is 28.6 Å². The summed E-state index contributed by atoms with van der Waals surface area (Å²) in [4.78, 5) is 35.9. The van der Waals surface area contributed by atoms with Crippen molar-refractivity contribution >= 4 is 28.8 Å². The molecule has 0 saturated heterocycles. The first-order valence-corrected chi connectivity index (χ1v) is 10.5. The van der Waals surface area contributed by atoms with Gasteiger partial charge < -0.3 is 19.5 Å². The van der Waals surface area contributed by atoms with Crippen LogP contribution in [0, 0.1) is 5.41 Å². The number of hydrogen-bond donors (Lipinski definition) is 1. The summed E-state index contributed by atoms with van der Waals surface area (Å²) >= 11 is 0. The van der Waals surface area contributed by atoms with Crippen molar-refractivity contribution in [1.29, 1.82) is 0 Å². The molecule has 0 aliphatic rings. The molecule has 1 N–H and O–H groups in total. The molecule has 2 aromatic rings. The van der Waals surface area contributed by atoms with Crippen LogP contribution >= 0.6 is 0 Å². The van der Waals surface area contributed by atoms with Gasteiger partial charge in [0.05, 0.1) is 24.1 Å². The molecule has 0 spiro atoms. The Morgan fingerprint density at radius 2 is 1.71 bits per heavy atom. The molecular weight excluding hydrogens is 398 g/mol. The minimum Gasteiger partial charge on any atom is -0.463 e. The quantitative estimate of drug-likeness (QED) is 0.340. The highest BCUT2D eigenvalue weighted by molar-refractivity contribution is 5.95. The second-order valence-electron chi connectivity index (χ2n) is 8.00. The number of fused-ring (bicyclic) bond motifs is 1. The number of ether oxygens (including phenoxy) is 3. The Morgan fingerprint density at radius 3 is 2.42 bits per heavy atom. The van der Waals surface area contributed by atoms with E-state index >= 15 is 0 Å². The lowest BCUT2D eigenvalue weighted by Crippen LogP contribution is -2.33. The number of rotatable bonds is 10. The van der Waals surface area contributed by atoms with Crippen molar-refractivity contribution in [2.45, 2.75) is 46.6 Å². The highest BCUT2D eigenvalue weighted by Gasteiger charge is 2.26. The molecule has 2 rings (SSSR count). The third-order valence-electron chi connectivity index (χ3n) is 5.09. The third kappa shape index (κ3) is 7.59. The molecule has 1 atom stereocenters. The molecule has 0 bridgehead atoms. The van der Waals surface area contributed by atoms with Gasteiger partial charge in [-0.05, 0) is 50.1 Å². The average Bonchev–Trinajstić information content (AvgIpc) is 2.75. The fourth-order valence-corrected chi connectivity index (χ4v) is 2.64. The molecule has 1 unspecified atom stereocenters. The number of carbonyl (C=O) groups excluding carboxylic acids is 3. The SMILES string of the molecule is CCC(C)(C)C(=O)OCCNC(=O)OC(C)CCOC(=O)c1ccc2ccccc2c1. The van der Waals surface area contributed by atoms with Crippen LogP contribution in [0.25, 0.3) is 10.8 Å². The zero-order valence-electron chi connectivity index (χ0n) is 18.6. The van der Waals surface area contributed by atoms with Crippen LogP contribution in [0.1, 0.15) is 50.9 Å². The standard InChI is InChI=1S/C24H31NO6/c1-5-24(3,4)22(27)30-15-13-25-23(28)31-17(2)12-14-29-21(26)20-11-10-18-8-6-7-9-19(18)16-20/h6-11,16-17H,5,12-15H2,1-4H3,(H,25,28). The van der Waals surface area contributed by atoms with E-state index in [-0.39, 0.29) is 25.7 Å². The average molecular weight is 430 g/mol. The summed E-state index contributed by atoms with van der Waals surface area (Å²) in [6.45, 7) is 7.62. The molecule has 0 saturated carbocycles. The Morgan fingerprint density at radius 1 is 1.00 bits per heavy atom. The number of hydrogen-bond acceptors (Lipinski definition) is 6. The maximum Gasteiger partial charge on any atom is 0.407 e. The number of carbonyl (C=O) groups is 3. The first kappa shape index (κ1) is 24.2. The fraction of sp³-hybridized carbons (Fsp3) is 0.458. The molecule has 0 fully saturated rings. The van der Waals surface area contributed by atoms with E-state index in [2.05, 4.69) is 5.32 Å². The van der Waals surface area contributed by atoms with Crippen LogP contribution in [0.15, 0.2) is 42.5 Å². The molecule has 168 valence electrons. The summed E-state index contributed by atoms with van der Waals surface area (Å²) < 4.78 is 15.6. The smallest absolute Gasteiger partial charge is 0.407 e. The molecule has 0 aliphatic heterocycles. The van der Waals surface area contributed by atoms with Crippen molar-refractivity contribution in [2.75, 3.05) is 19.8 Å². The molecule has 0 aromatic heterocycles. The maximum absolute atomic E-state index is 12.2. The fourth-order valence-electron chi connectivity index (χ4n) is 2.64. The van der Waals surface area contributed by atoms with Gasteiger partial charge in [0.15, 0.2) is 0 Å². The topological polar surface area (TPSA) is 90.9 Å². The van der Waals surface area contributed by atoms with E-state index in [0.29, 0.717) is 18.4 Å². The van der Waals surface area contributed by atoms with Gasteiger partial charge in [0.25, 0.3) is 0 Å². The van der Waals surface area contributed by atoms with E-state index in [1.807, 2.05) is 51.1 Å². The summed E-state index contributed by atoms with van der Waals surface area (Å²) in [6.07, 6.45) is -0.0124. The monoisotopic (exact) mass is 429 g/mol. The molecule has 0 radical (unpaired) electrons. The second-order valence-corrected chi connectivity index (χ2v) is 8.00. The minimum absolute atomic E-state index is 0.0785. The number of amides is 1. The van der Waals surface area contributed by atoms with Crippen LogP contribution in [0.3, 0.4) is 0 Å². The van der Waals surface area contributed by atoms with Crippen molar-refractivity contribution in [3.8, 4) is 0 Å². The highest BCUT2D eigenvalue weighted by atomic mass is 16.6. The van der Waals surface area contributed by atoms with Gasteiger partial charge in [0.1, 0.15) is 12.7 Å². The van der Waals surface area contributed by atoms with E-state index < -0.39 is 23.6 Å². The van der Waals surface area contributed by atoms with Gasteiger partial charge in [-0.15, -0.1) is 0 Å². The molecular formula is C24H31NO6. The highest BCUT2D eigenvalue weighted by Crippen LogP contribution is 2.21. The third-order valence-corrected chi connectivity index (χ3v) is 5.09. The Bertz CT molecular complexity index is 908. The summed E-state index contributed by atoms with van der Waals surface area (Å²) in [7, 11) is 0. The van der Waals surface area contributed by atoms with Gasteiger partial charge in [0, 0.05) is 6.42 Å². The van der Waals surface area contributed by atoms with Crippen LogP contribution in [-0.4, -0.2) is 43.9 Å². The van der Waals surface area contributed by atoms with Gasteiger partial charge >= 0.3 is 18.0 Å². The molecule has 0 aliphatic carbocycles. The molecule has 0 heterocycles. The Kier molecular flexibility index (Phi) is 8.85. The molecule has 1 amide bonds. The first-order chi connectivity index (χ1) is 14.7. The summed E-state index contributed by atoms with van der Waals surface area (Å²) in [5, 5.41) is 4.55. The Hall–Kier alpha value is -3.09. The van der Waals surface area contributed by atoms with Gasteiger partial charge in [-0.1, -0.05) is 37.3 Å². The molecule has 7 heteroatoms. The zero-order chi connectivity index (χ0) is 22.9. The van der Waals surface area contributed by atoms with Crippen molar-refractivity contribution in [2.24, 2.45) is 5.41 Å². The normalized spacial score (nSPS) is 12.1. The molecule has 2 aromatic carbocycles. The lowest BCUT2D eigenvalue weighted by atomic mass is 9.91. The summed E-state index contributed by atoms with van der Waals surface area (Å²) in [6, 6.07) is 13.2. The number of benzene rings is 2. The number of alkyl carbamates (subject to hydrolysis) is 1. The molecule has 31 heavy (non-hydrogen) atoms. The Labute approximate surface area is 183 Å². The van der Waals surface area contributed by atoms with E-state index in [9.17, 15) is 14.4 Å². The largest absolute Gasteiger partial charge is 0.463 e. The van der Waals surface area contributed by atoms with E-state index in [4.69, 9.17) is 14.2 Å². The van der Waals surface area contributed by atoms with E-state index in [1.54, 1.807) is 19.1 Å². The van der Waals surface area contributed by atoms with Crippen LogP contribution in [0.5, 0.6) is 0 Å². The van der Waals surface area contributed by atoms with Gasteiger partial charge in [-0.3, -0.25) is 4.79 Å². The van der Waals surface area contributed by atoms with Crippen molar-refractivity contribution in [3.05, 3.63) is 48.0 Å². The van der Waals surface area contributed by atoms with E-state index in [1.165, 1.54) is 0 Å². The zero-order valence-corrected chi connectivity index (χ0v) is 18.6. The molecule has 7 nitrogen and oxygen atoms in total. The van der Waals surface area contributed by atoms with Crippen LogP contribution in [0.2, 0.25) is 0 Å². The minimum atomic E-state index is -0.612.